The molecule has 0 amide bonds. The van der Waals surface area contributed by atoms with E-state index in [1.807, 2.05) is 6.92 Å². The summed E-state index contributed by atoms with van der Waals surface area (Å²) in [5.74, 6) is 0. The van der Waals surface area contributed by atoms with E-state index in [0.29, 0.717) is 13.0 Å². The number of hydrogen-bond acceptors (Lipinski definition) is 4. The van der Waals surface area contributed by atoms with Crippen molar-refractivity contribution in [2.75, 3.05) is 6.61 Å². The van der Waals surface area contributed by atoms with Gasteiger partial charge in [-0.2, -0.15) is 0 Å². The van der Waals surface area contributed by atoms with Crippen LogP contribution in [0.3, 0.4) is 0 Å². The highest BCUT2D eigenvalue weighted by Gasteiger charge is 2.50. The van der Waals surface area contributed by atoms with Crippen molar-refractivity contribution in [1.29, 1.82) is 0 Å². The highest BCUT2D eigenvalue weighted by molar-refractivity contribution is 6.99. The van der Waals surface area contributed by atoms with Crippen molar-refractivity contribution in [3.05, 3.63) is 72.3 Å². The van der Waals surface area contributed by atoms with Gasteiger partial charge in [0.05, 0.1) is 30.0 Å². The van der Waals surface area contributed by atoms with Crippen LogP contribution in [-0.4, -0.2) is 48.5 Å². The summed E-state index contributed by atoms with van der Waals surface area (Å²) in [5.41, 5.74) is -0.310. The van der Waals surface area contributed by atoms with Crippen molar-refractivity contribution < 1.29 is 19.4 Å². The number of allylic oxidation sites excluding steroid dienone is 1. The van der Waals surface area contributed by atoms with Gasteiger partial charge in [0.25, 0.3) is 8.32 Å². The molecule has 1 heterocycles. The first-order valence-corrected chi connectivity index (χ1v) is 15.2. The van der Waals surface area contributed by atoms with Crippen LogP contribution in [0.15, 0.2) is 72.3 Å². The van der Waals surface area contributed by atoms with Gasteiger partial charge >= 0.3 is 0 Å². The summed E-state index contributed by atoms with van der Waals surface area (Å²) in [6, 6.07) is 21.4. The van der Waals surface area contributed by atoms with Crippen LogP contribution in [-0.2, 0) is 9.16 Å². The second-order valence-electron chi connectivity index (χ2n) is 12.2. The maximum Gasteiger partial charge on any atom is 0.261 e. The maximum absolute atomic E-state index is 10.9. The third kappa shape index (κ3) is 6.38. The average Bonchev–Trinajstić information content (AvgIpc) is 3.25. The first-order valence-electron chi connectivity index (χ1n) is 13.3. The predicted octanol–water partition coefficient (Wildman–Crippen LogP) is 5.36. The minimum Gasteiger partial charge on any atom is -0.404 e. The Morgan fingerprint density at radius 3 is 2.03 bits per heavy atom. The Balaban J connectivity index is 1.71. The van der Waals surface area contributed by atoms with Gasteiger partial charge in [-0.15, -0.1) is 0 Å². The Morgan fingerprint density at radius 2 is 1.58 bits per heavy atom. The zero-order chi connectivity index (χ0) is 26.6. The van der Waals surface area contributed by atoms with Crippen molar-refractivity contribution in [1.82, 2.24) is 0 Å². The predicted molar refractivity (Wildman–Crippen MR) is 151 cm³/mol. The molecule has 5 heteroatoms. The van der Waals surface area contributed by atoms with Crippen LogP contribution in [0.25, 0.3) is 0 Å². The van der Waals surface area contributed by atoms with Crippen LogP contribution in [0.5, 0.6) is 0 Å². The van der Waals surface area contributed by atoms with E-state index in [-0.39, 0.29) is 11.1 Å². The van der Waals surface area contributed by atoms with E-state index in [0.717, 1.165) is 19.3 Å². The highest BCUT2D eigenvalue weighted by Crippen LogP contribution is 2.39. The molecule has 1 saturated heterocycles. The molecule has 0 radical (unpaired) electrons. The van der Waals surface area contributed by atoms with E-state index in [1.54, 1.807) is 13.8 Å². The summed E-state index contributed by atoms with van der Waals surface area (Å²) < 4.78 is 13.1. The summed E-state index contributed by atoms with van der Waals surface area (Å²) in [6.07, 6.45) is 4.26. The van der Waals surface area contributed by atoms with Crippen LogP contribution < -0.4 is 10.4 Å². The molecule has 1 aliphatic heterocycles. The topological polar surface area (TPSA) is 58.9 Å². The molecule has 2 aromatic carbocycles. The van der Waals surface area contributed by atoms with Gasteiger partial charge in [-0.25, -0.2) is 0 Å². The maximum atomic E-state index is 10.9. The van der Waals surface area contributed by atoms with Gasteiger partial charge in [-0.05, 0) is 68.8 Å². The molecule has 4 nitrogen and oxygen atoms in total. The first kappa shape index (κ1) is 28.8. The minimum atomic E-state index is -2.56. The minimum absolute atomic E-state index is 0.0565. The summed E-state index contributed by atoms with van der Waals surface area (Å²) >= 11 is 0. The number of aliphatic hydroxyl groups is 2. The molecule has 3 rings (SSSR count). The number of hydrogen-bond donors (Lipinski definition) is 2. The number of rotatable bonds is 10. The Morgan fingerprint density at radius 1 is 1.06 bits per heavy atom. The van der Waals surface area contributed by atoms with Gasteiger partial charge in [-0.3, -0.25) is 0 Å². The molecule has 0 aliphatic carbocycles. The quantitative estimate of drug-likeness (QED) is 0.334. The highest BCUT2D eigenvalue weighted by atomic mass is 28.4. The molecule has 36 heavy (non-hydrogen) atoms. The van der Waals surface area contributed by atoms with E-state index in [4.69, 9.17) is 9.16 Å². The van der Waals surface area contributed by atoms with E-state index < -0.39 is 25.6 Å². The van der Waals surface area contributed by atoms with Crippen molar-refractivity contribution in [3.63, 3.8) is 0 Å². The molecule has 1 aliphatic rings. The largest absolute Gasteiger partial charge is 0.404 e. The second kappa shape index (κ2) is 11.3. The zero-order valence-corrected chi connectivity index (χ0v) is 24.3. The van der Waals surface area contributed by atoms with Crippen LogP contribution in [0.4, 0.5) is 0 Å². The Hall–Kier alpha value is -1.76. The van der Waals surface area contributed by atoms with Crippen LogP contribution in [0.2, 0.25) is 5.04 Å². The molecule has 0 bridgehead atoms. The van der Waals surface area contributed by atoms with Crippen molar-refractivity contribution in [2.24, 2.45) is 0 Å². The number of benzene rings is 2. The fourth-order valence-corrected chi connectivity index (χ4v) is 9.93. The fourth-order valence-electron chi connectivity index (χ4n) is 5.45. The third-order valence-corrected chi connectivity index (χ3v) is 12.8. The lowest BCUT2D eigenvalue weighted by atomic mass is 9.90. The van der Waals surface area contributed by atoms with Gasteiger partial charge in [-0.1, -0.05) is 93.1 Å². The van der Waals surface area contributed by atoms with E-state index >= 15 is 0 Å². The van der Waals surface area contributed by atoms with E-state index in [2.05, 4.69) is 94.4 Å². The number of aliphatic hydroxyl groups excluding tert-OH is 1. The van der Waals surface area contributed by atoms with Gasteiger partial charge in [0, 0.05) is 0 Å². The van der Waals surface area contributed by atoms with Gasteiger partial charge in [0.1, 0.15) is 0 Å². The van der Waals surface area contributed by atoms with Crippen LogP contribution in [0, 0.1) is 0 Å². The molecule has 0 unspecified atom stereocenters. The monoisotopic (exact) mass is 510 g/mol. The molecule has 2 aromatic rings. The average molecular weight is 511 g/mol. The standard InChI is InChI=1S/C31H46O4Si/c1-24(18-19-27(32)31(7)22-20-28(35-31)30(5,6)33)21-23-34-36(29(2,3)4,25-14-10-8-11-15-25)26-16-12-9-13-17-26/h8-17,21,27-28,32-33H,18-20,22-23H2,1-7H3/b24-21+/t27-,28+,31+/m0/s1. The van der Waals surface area contributed by atoms with Crippen molar-refractivity contribution in [2.45, 2.75) is 103 Å². The zero-order valence-electron chi connectivity index (χ0n) is 23.3. The van der Waals surface area contributed by atoms with E-state index in [1.165, 1.54) is 15.9 Å². The van der Waals surface area contributed by atoms with Gasteiger partial charge in [0.15, 0.2) is 0 Å². The van der Waals surface area contributed by atoms with Gasteiger partial charge in [0.2, 0.25) is 0 Å². The molecule has 3 atom stereocenters. The molecule has 198 valence electrons. The first-order chi connectivity index (χ1) is 16.8. The second-order valence-corrected chi connectivity index (χ2v) is 16.5. The smallest absolute Gasteiger partial charge is 0.261 e. The molecule has 0 spiro atoms. The lowest BCUT2D eigenvalue weighted by Gasteiger charge is -2.42. The summed E-state index contributed by atoms with van der Waals surface area (Å²) in [5, 5.41) is 23.7. The van der Waals surface area contributed by atoms with Crippen LogP contribution in [0.1, 0.15) is 74.1 Å². The lowest BCUT2D eigenvalue weighted by molar-refractivity contribution is -0.153. The SMILES string of the molecule is C/C(=C\CO[Si](c1ccccc1)(c1ccccc1)C(C)(C)C)CC[C@H](O)[C@@]1(C)CC[C@H](C(C)(C)O)O1. The Bertz CT molecular complexity index is 951. The summed E-state index contributed by atoms with van der Waals surface area (Å²) in [7, 11) is -2.56. The molecule has 2 N–H and O–H groups in total. The third-order valence-electron chi connectivity index (χ3n) is 7.77. The molecule has 0 saturated carbocycles. The fraction of sp³-hybridized carbons (Fsp3) is 0.548. The Kier molecular flexibility index (Phi) is 9.06. The Labute approximate surface area is 219 Å². The van der Waals surface area contributed by atoms with Crippen molar-refractivity contribution >= 4 is 18.7 Å². The molecular formula is C31H46O4Si. The molecular weight excluding hydrogens is 464 g/mol. The number of ether oxygens (including phenoxy) is 1. The van der Waals surface area contributed by atoms with Gasteiger partial charge < -0.3 is 19.4 Å². The summed E-state index contributed by atoms with van der Waals surface area (Å²) in [6.45, 7) is 15.0. The normalized spacial score (nSPS) is 22.6. The van der Waals surface area contributed by atoms with Crippen LogP contribution >= 0.6 is 0 Å². The molecule has 0 aromatic heterocycles. The summed E-state index contributed by atoms with van der Waals surface area (Å²) in [4.78, 5) is 0. The molecule has 1 fully saturated rings. The van der Waals surface area contributed by atoms with Crippen molar-refractivity contribution in [3.8, 4) is 0 Å². The lowest BCUT2D eigenvalue weighted by Crippen LogP contribution is -2.66. The van der Waals surface area contributed by atoms with E-state index in [9.17, 15) is 10.2 Å².